The van der Waals surface area contributed by atoms with Crippen molar-refractivity contribution in [3.8, 4) is 0 Å². The number of aromatic nitrogens is 1. The number of carboxylic acids is 1. The molecule has 0 bridgehead atoms. The van der Waals surface area contributed by atoms with E-state index < -0.39 is 11.4 Å². The topological polar surface area (TPSA) is 63.3 Å². The monoisotopic (exact) mass is 335 g/mol. The number of carbonyl (C=O) groups is 1. The Morgan fingerprint density at radius 1 is 1.23 bits per heavy atom. The summed E-state index contributed by atoms with van der Waals surface area (Å²) in [7, 11) is 0. The van der Waals surface area contributed by atoms with E-state index in [1.165, 1.54) is 12.5 Å². The van der Waals surface area contributed by atoms with Crippen LogP contribution in [-0.2, 0) is 10.2 Å². The van der Waals surface area contributed by atoms with Crippen LogP contribution in [0.1, 0.15) is 18.1 Å². The van der Waals surface area contributed by atoms with Crippen LogP contribution in [0, 0.1) is 0 Å². The van der Waals surface area contributed by atoms with Gasteiger partial charge in [-0.3, -0.25) is 4.79 Å². The second-order valence-electron chi connectivity index (χ2n) is 5.09. The molecule has 0 amide bonds. The molecule has 112 valence electrons. The Bertz CT molecular complexity index is 875. The smallest absolute Gasteiger partial charge is 0.318 e. The van der Waals surface area contributed by atoms with Gasteiger partial charge in [0, 0.05) is 10.0 Å². The molecule has 0 fully saturated rings. The van der Waals surface area contributed by atoms with Crippen LogP contribution in [0.3, 0.4) is 0 Å². The summed E-state index contributed by atoms with van der Waals surface area (Å²) in [6.45, 7) is 1.60. The second-order valence-corrected chi connectivity index (χ2v) is 5.93. The molecule has 1 atom stereocenters. The number of oxazole rings is 1. The fourth-order valence-corrected chi connectivity index (χ4v) is 3.06. The summed E-state index contributed by atoms with van der Waals surface area (Å²) in [5.74, 6) is -1.01. The molecule has 22 heavy (non-hydrogen) atoms. The molecule has 1 aromatic heterocycles. The van der Waals surface area contributed by atoms with Crippen molar-refractivity contribution in [2.75, 3.05) is 0 Å². The van der Waals surface area contributed by atoms with Gasteiger partial charge in [0.2, 0.25) is 0 Å². The fourth-order valence-electron chi connectivity index (χ4n) is 2.46. The Labute approximate surface area is 136 Å². The normalized spacial score (nSPS) is 14.0. The Kier molecular flexibility index (Phi) is 3.59. The molecule has 1 heterocycles. The number of benzene rings is 2. The van der Waals surface area contributed by atoms with Gasteiger partial charge >= 0.3 is 5.97 Å². The van der Waals surface area contributed by atoms with E-state index in [4.69, 9.17) is 27.6 Å². The molecular formula is C16H11Cl2NO3. The van der Waals surface area contributed by atoms with Crippen molar-refractivity contribution < 1.29 is 14.3 Å². The van der Waals surface area contributed by atoms with Gasteiger partial charge in [-0.1, -0.05) is 35.3 Å². The number of hydrogen-bond donors (Lipinski definition) is 1. The molecular weight excluding hydrogens is 325 g/mol. The second kappa shape index (κ2) is 5.30. The number of carboxylic acid groups (broad SMARTS) is 1. The first-order valence-corrected chi connectivity index (χ1v) is 7.21. The van der Waals surface area contributed by atoms with E-state index in [2.05, 4.69) is 4.98 Å². The molecule has 6 heteroatoms. The quantitative estimate of drug-likeness (QED) is 0.763. The lowest BCUT2D eigenvalue weighted by atomic mass is 9.76. The molecule has 1 unspecified atom stereocenters. The Morgan fingerprint density at radius 2 is 2.00 bits per heavy atom. The first-order valence-electron chi connectivity index (χ1n) is 6.45. The van der Waals surface area contributed by atoms with Crippen molar-refractivity contribution in [1.29, 1.82) is 0 Å². The number of fused-ring (bicyclic) bond motifs is 1. The van der Waals surface area contributed by atoms with Crippen LogP contribution in [0.4, 0.5) is 0 Å². The molecule has 0 aliphatic heterocycles. The largest absolute Gasteiger partial charge is 0.480 e. The summed E-state index contributed by atoms with van der Waals surface area (Å²) < 4.78 is 5.19. The maximum atomic E-state index is 12.0. The molecule has 0 saturated carbocycles. The van der Waals surface area contributed by atoms with Gasteiger partial charge in [0.05, 0.1) is 0 Å². The fraction of sp³-hybridized carbons (Fsp3) is 0.125. The average molecular weight is 336 g/mol. The van der Waals surface area contributed by atoms with Crippen LogP contribution in [0.25, 0.3) is 11.1 Å². The van der Waals surface area contributed by atoms with Crippen molar-refractivity contribution in [3.05, 3.63) is 64.0 Å². The van der Waals surface area contributed by atoms with Gasteiger partial charge in [0.15, 0.2) is 12.0 Å². The Morgan fingerprint density at radius 3 is 2.68 bits per heavy atom. The van der Waals surface area contributed by atoms with Gasteiger partial charge in [0.25, 0.3) is 0 Å². The summed E-state index contributed by atoms with van der Waals surface area (Å²) in [6, 6.07) is 9.88. The summed E-state index contributed by atoms with van der Waals surface area (Å²) in [4.78, 5) is 16.1. The van der Waals surface area contributed by atoms with E-state index in [1.54, 1.807) is 37.3 Å². The zero-order valence-corrected chi connectivity index (χ0v) is 13.0. The number of rotatable bonds is 3. The predicted molar refractivity (Wildman–Crippen MR) is 84.6 cm³/mol. The van der Waals surface area contributed by atoms with E-state index in [0.717, 1.165) is 0 Å². The zero-order chi connectivity index (χ0) is 15.9. The summed E-state index contributed by atoms with van der Waals surface area (Å²) in [6.07, 6.45) is 1.32. The number of aliphatic carboxylic acids is 1. The Hall–Kier alpha value is -2.04. The molecule has 0 radical (unpaired) electrons. The third-order valence-corrected chi connectivity index (χ3v) is 4.35. The molecule has 2 aromatic carbocycles. The molecule has 0 aliphatic carbocycles. The highest BCUT2D eigenvalue weighted by Gasteiger charge is 2.39. The molecule has 0 spiro atoms. The van der Waals surface area contributed by atoms with Crippen LogP contribution in [0.2, 0.25) is 10.0 Å². The first kappa shape index (κ1) is 14.9. The minimum absolute atomic E-state index is 0.303. The SMILES string of the molecule is CC(C(=O)O)(c1ccc2ocnc2c1)c1ccc(Cl)cc1Cl. The van der Waals surface area contributed by atoms with Crippen LogP contribution in [0.5, 0.6) is 0 Å². The van der Waals surface area contributed by atoms with E-state index in [-0.39, 0.29) is 0 Å². The third kappa shape index (κ3) is 2.25. The maximum absolute atomic E-state index is 12.0. The predicted octanol–water partition coefficient (Wildman–Crippen LogP) is 4.53. The number of hydrogen-bond acceptors (Lipinski definition) is 3. The molecule has 4 nitrogen and oxygen atoms in total. The van der Waals surface area contributed by atoms with Crippen molar-refractivity contribution in [1.82, 2.24) is 4.98 Å². The number of nitrogens with zero attached hydrogens (tertiary/aromatic N) is 1. The van der Waals surface area contributed by atoms with Crippen LogP contribution < -0.4 is 0 Å². The van der Waals surface area contributed by atoms with E-state index in [1.807, 2.05) is 0 Å². The highest BCUT2D eigenvalue weighted by atomic mass is 35.5. The van der Waals surface area contributed by atoms with Gasteiger partial charge in [-0.25, -0.2) is 4.98 Å². The van der Waals surface area contributed by atoms with Gasteiger partial charge in [-0.05, 0) is 42.3 Å². The Balaban J connectivity index is 2.25. The third-order valence-electron chi connectivity index (χ3n) is 3.81. The van der Waals surface area contributed by atoms with E-state index in [0.29, 0.717) is 32.3 Å². The highest BCUT2D eigenvalue weighted by molar-refractivity contribution is 6.35. The van der Waals surface area contributed by atoms with Gasteiger partial charge < -0.3 is 9.52 Å². The van der Waals surface area contributed by atoms with E-state index in [9.17, 15) is 9.90 Å². The minimum Gasteiger partial charge on any atom is -0.480 e. The zero-order valence-electron chi connectivity index (χ0n) is 11.5. The van der Waals surface area contributed by atoms with Crippen molar-refractivity contribution >= 4 is 40.3 Å². The lowest BCUT2D eigenvalue weighted by molar-refractivity contribution is -0.141. The standard InChI is InChI=1S/C16H11Cl2NO3/c1-16(15(20)21,11-4-3-10(17)7-12(11)18)9-2-5-14-13(6-9)19-8-22-14/h2-8H,1H3,(H,20,21). The summed E-state index contributed by atoms with van der Waals surface area (Å²) in [5.41, 5.74) is 0.891. The van der Waals surface area contributed by atoms with E-state index >= 15 is 0 Å². The average Bonchev–Trinajstić information content (AvgIpc) is 2.93. The highest BCUT2D eigenvalue weighted by Crippen LogP contribution is 2.38. The van der Waals surface area contributed by atoms with Gasteiger partial charge in [0.1, 0.15) is 10.9 Å². The minimum atomic E-state index is -1.32. The lowest BCUT2D eigenvalue weighted by Crippen LogP contribution is -2.34. The van der Waals surface area contributed by atoms with Crippen molar-refractivity contribution in [3.63, 3.8) is 0 Å². The molecule has 3 aromatic rings. The number of halogens is 2. The maximum Gasteiger partial charge on any atom is 0.318 e. The summed E-state index contributed by atoms with van der Waals surface area (Å²) >= 11 is 12.1. The molecule has 0 saturated heterocycles. The van der Waals surface area contributed by atoms with Crippen molar-refractivity contribution in [2.45, 2.75) is 12.3 Å². The molecule has 1 N–H and O–H groups in total. The van der Waals surface area contributed by atoms with Gasteiger partial charge in [-0.2, -0.15) is 0 Å². The molecule has 3 rings (SSSR count). The first-order chi connectivity index (χ1) is 10.4. The summed E-state index contributed by atoms with van der Waals surface area (Å²) in [5, 5.41) is 10.6. The molecule has 0 aliphatic rings. The van der Waals surface area contributed by atoms with Crippen LogP contribution in [0.15, 0.2) is 47.2 Å². The van der Waals surface area contributed by atoms with Crippen molar-refractivity contribution in [2.24, 2.45) is 0 Å². The van der Waals surface area contributed by atoms with Crippen LogP contribution in [-0.4, -0.2) is 16.1 Å². The van der Waals surface area contributed by atoms with Gasteiger partial charge in [-0.15, -0.1) is 0 Å². The van der Waals surface area contributed by atoms with Crippen LogP contribution >= 0.6 is 23.2 Å². The lowest BCUT2D eigenvalue weighted by Gasteiger charge is -2.27.